The summed E-state index contributed by atoms with van der Waals surface area (Å²) in [5.41, 5.74) is 6.65. The fourth-order valence-electron chi connectivity index (χ4n) is 2.22. The van der Waals surface area contributed by atoms with Crippen LogP contribution in [0.1, 0.15) is 31.2 Å². The number of aryl methyl sites for hydroxylation is 1. The van der Waals surface area contributed by atoms with Gasteiger partial charge in [0.25, 0.3) is 0 Å². The molecule has 24 heavy (non-hydrogen) atoms. The van der Waals surface area contributed by atoms with Crippen molar-refractivity contribution in [3.05, 3.63) is 29.7 Å². The number of aromatic nitrogens is 2. The Kier molecular flexibility index (Phi) is 4.98. The van der Waals surface area contributed by atoms with Gasteiger partial charge in [0, 0.05) is 17.9 Å². The highest BCUT2D eigenvalue weighted by Crippen LogP contribution is 2.38. The average Bonchev–Trinajstić information content (AvgIpc) is 2.48. The summed E-state index contributed by atoms with van der Waals surface area (Å²) in [5, 5.41) is 0. The van der Waals surface area contributed by atoms with Gasteiger partial charge in [-0.05, 0) is 18.9 Å². The van der Waals surface area contributed by atoms with Gasteiger partial charge in [-0.25, -0.2) is 18.4 Å². The van der Waals surface area contributed by atoms with Crippen LogP contribution in [-0.2, 0) is 9.84 Å². The molecule has 0 fully saturated rings. The van der Waals surface area contributed by atoms with Gasteiger partial charge in [-0.3, -0.25) is 0 Å². The van der Waals surface area contributed by atoms with Gasteiger partial charge < -0.3 is 15.2 Å². The number of ether oxygens (including phenoxy) is 2. The molecule has 0 aliphatic carbocycles. The maximum Gasteiger partial charge on any atom is 0.187 e. The molecule has 130 valence electrons. The third-order valence-corrected chi connectivity index (χ3v) is 4.56. The molecule has 7 nitrogen and oxygen atoms in total. The van der Waals surface area contributed by atoms with Gasteiger partial charge >= 0.3 is 0 Å². The number of nitrogens with zero attached hydrogens (tertiary/aromatic N) is 2. The summed E-state index contributed by atoms with van der Waals surface area (Å²) in [6.07, 6.45) is 2.58. The number of rotatable bonds is 5. The molecule has 0 atom stereocenters. The summed E-state index contributed by atoms with van der Waals surface area (Å²) < 4.78 is 35.1. The second kappa shape index (κ2) is 6.64. The first-order valence-electron chi connectivity index (χ1n) is 7.32. The second-order valence-corrected chi connectivity index (χ2v) is 7.72. The Balaban J connectivity index is 2.62. The van der Waals surface area contributed by atoms with Gasteiger partial charge in [0.15, 0.2) is 21.4 Å². The highest BCUT2D eigenvalue weighted by Gasteiger charge is 2.21. The van der Waals surface area contributed by atoms with E-state index in [1.165, 1.54) is 19.4 Å². The van der Waals surface area contributed by atoms with E-state index in [4.69, 9.17) is 15.2 Å². The van der Waals surface area contributed by atoms with E-state index in [2.05, 4.69) is 9.97 Å². The molecule has 8 heteroatoms. The van der Waals surface area contributed by atoms with Crippen molar-refractivity contribution in [2.75, 3.05) is 19.1 Å². The lowest BCUT2D eigenvalue weighted by Crippen LogP contribution is -2.05. The largest absolute Gasteiger partial charge is 0.495 e. The summed E-state index contributed by atoms with van der Waals surface area (Å²) in [4.78, 5) is 8.16. The summed E-state index contributed by atoms with van der Waals surface area (Å²) >= 11 is 0. The van der Waals surface area contributed by atoms with Gasteiger partial charge in [-0.2, -0.15) is 0 Å². The van der Waals surface area contributed by atoms with Crippen LogP contribution >= 0.6 is 0 Å². The smallest absolute Gasteiger partial charge is 0.187 e. The van der Waals surface area contributed by atoms with Crippen LogP contribution in [0.2, 0.25) is 0 Å². The Hall–Kier alpha value is -2.35. The van der Waals surface area contributed by atoms with Crippen LogP contribution in [0.15, 0.2) is 23.2 Å². The first-order valence-corrected chi connectivity index (χ1v) is 9.21. The molecule has 0 aliphatic rings. The zero-order chi connectivity index (χ0) is 18.1. The van der Waals surface area contributed by atoms with Crippen molar-refractivity contribution in [1.29, 1.82) is 0 Å². The van der Waals surface area contributed by atoms with E-state index in [1.54, 1.807) is 13.0 Å². The molecule has 0 radical (unpaired) electrons. The molecule has 0 saturated heterocycles. The summed E-state index contributed by atoms with van der Waals surface area (Å²) in [7, 11) is -2.06. The van der Waals surface area contributed by atoms with Crippen molar-refractivity contribution in [2.24, 2.45) is 0 Å². The van der Waals surface area contributed by atoms with E-state index in [-0.39, 0.29) is 28.1 Å². The van der Waals surface area contributed by atoms with Crippen molar-refractivity contribution < 1.29 is 17.9 Å². The maximum atomic E-state index is 12.0. The lowest BCUT2D eigenvalue weighted by molar-refractivity contribution is 0.398. The third-order valence-electron chi connectivity index (χ3n) is 3.44. The summed E-state index contributed by atoms with van der Waals surface area (Å²) in [6, 6.07) is 3.12. The van der Waals surface area contributed by atoms with Crippen LogP contribution in [0, 0.1) is 6.92 Å². The zero-order valence-corrected chi connectivity index (χ0v) is 15.1. The predicted molar refractivity (Wildman–Crippen MR) is 91.4 cm³/mol. The van der Waals surface area contributed by atoms with E-state index in [1.807, 2.05) is 13.8 Å². The van der Waals surface area contributed by atoms with Crippen molar-refractivity contribution in [3.8, 4) is 17.2 Å². The van der Waals surface area contributed by atoms with Crippen LogP contribution < -0.4 is 15.2 Å². The minimum Gasteiger partial charge on any atom is -0.495 e. The number of benzene rings is 1. The Morgan fingerprint density at radius 2 is 1.83 bits per heavy atom. The van der Waals surface area contributed by atoms with Crippen molar-refractivity contribution in [2.45, 2.75) is 31.6 Å². The standard InChI is InChI=1S/C16H21N3O4S/c1-9(2)11-6-13(22-4)15(24(5,20)21)7-12(11)23-14-8-18-10(3)19-16(14)17/h6-9H,1-5H3,(H2,17,18,19). The zero-order valence-electron chi connectivity index (χ0n) is 14.3. The topological polar surface area (TPSA) is 104 Å². The molecule has 1 aromatic carbocycles. The van der Waals surface area contributed by atoms with Crippen LogP contribution in [0.3, 0.4) is 0 Å². The van der Waals surface area contributed by atoms with Gasteiger partial charge in [0.05, 0.1) is 13.3 Å². The highest BCUT2D eigenvalue weighted by molar-refractivity contribution is 7.90. The normalized spacial score (nSPS) is 11.6. The molecular formula is C16H21N3O4S. The molecule has 0 bridgehead atoms. The Bertz CT molecular complexity index is 864. The summed E-state index contributed by atoms with van der Waals surface area (Å²) in [6.45, 7) is 5.66. The molecule has 2 aromatic rings. The lowest BCUT2D eigenvalue weighted by Gasteiger charge is -2.18. The van der Waals surface area contributed by atoms with Crippen LogP contribution in [0.4, 0.5) is 5.82 Å². The van der Waals surface area contributed by atoms with Crippen LogP contribution in [0.5, 0.6) is 17.2 Å². The maximum absolute atomic E-state index is 12.0. The fraction of sp³-hybridized carbons (Fsp3) is 0.375. The minimum atomic E-state index is -3.49. The Morgan fingerprint density at radius 3 is 2.33 bits per heavy atom. The van der Waals surface area contributed by atoms with Crippen LogP contribution in [0.25, 0.3) is 0 Å². The fourth-order valence-corrected chi connectivity index (χ4v) is 3.05. The monoisotopic (exact) mass is 351 g/mol. The number of hydrogen-bond acceptors (Lipinski definition) is 7. The van der Waals surface area contributed by atoms with Crippen molar-refractivity contribution in [1.82, 2.24) is 9.97 Å². The minimum absolute atomic E-state index is 0.0519. The molecule has 1 aromatic heterocycles. The Labute approximate surface area is 141 Å². The molecule has 1 heterocycles. The number of hydrogen-bond donors (Lipinski definition) is 1. The predicted octanol–water partition coefficient (Wildman–Crippen LogP) is 2.70. The summed E-state index contributed by atoms with van der Waals surface area (Å²) in [5.74, 6) is 1.72. The number of nitrogens with two attached hydrogens (primary N) is 1. The molecule has 0 aliphatic heterocycles. The Morgan fingerprint density at radius 1 is 1.17 bits per heavy atom. The van der Waals surface area contributed by atoms with Crippen LogP contribution in [-0.4, -0.2) is 31.8 Å². The first kappa shape index (κ1) is 18.0. The van der Waals surface area contributed by atoms with E-state index < -0.39 is 9.84 Å². The van der Waals surface area contributed by atoms with Gasteiger partial charge in [-0.15, -0.1) is 0 Å². The van der Waals surface area contributed by atoms with Gasteiger partial charge in [0.2, 0.25) is 0 Å². The lowest BCUT2D eigenvalue weighted by atomic mass is 10.0. The van der Waals surface area contributed by atoms with E-state index >= 15 is 0 Å². The van der Waals surface area contributed by atoms with Crippen molar-refractivity contribution >= 4 is 15.7 Å². The second-order valence-electron chi connectivity index (χ2n) is 5.74. The number of anilines is 1. The molecule has 0 unspecified atom stereocenters. The molecule has 0 spiro atoms. The third kappa shape index (κ3) is 3.76. The molecule has 0 saturated carbocycles. The van der Waals surface area contributed by atoms with Crippen molar-refractivity contribution in [3.63, 3.8) is 0 Å². The van der Waals surface area contributed by atoms with E-state index in [0.29, 0.717) is 11.6 Å². The van der Waals surface area contributed by atoms with Gasteiger partial charge in [-0.1, -0.05) is 13.8 Å². The quantitative estimate of drug-likeness (QED) is 0.883. The number of sulfone groups is 1. The molecular weight excluding hydrogens is 330 g/mol. The number of nitrogen functional groups attached to an aromatic ring is 1. The molecule has 0 amide bonds. The average molecular weight is 351 g/mol. The first-order chi connectivity index (χ1) is 11.1. The van der Waals surface area contributed by atoms with E-state index in [9.17, 15) is 8.42 Å². The molecule has 2 N–H and O–H groups in total. The number of methoxy groups -OCH3 is 1. The molecule has 2 rings (SSSR count). The highest BCUT2D eigenvalue weighted by atomic mass is 32.2. The van der Waals surface area contributed by atoms with Gasteiger partial charge in [0.1, 0.15) is 22.2 Å². The van der Waals surface area contributed by atoms with E-state index in [0.717, 1.165) is 11.8 Å². The SMILES string of the molecule is COc1cc(C(C)C)c(Oc2cnc(C)nc2N)cc1S(C)(=O)=O.